The third-order valence-corrected chi connectivity index (χ3v) is 3.28. The van der Waals surface area contributed by atoms with Gasteiger partial charge in [-0.2, -0.15) is 0 Å². The molecule has 0 fully saturated rings. The van der Waals surface area contributed by atoms with Crippen molar-refractivity contribution in [3.63, 3.8) is 0 Å². The Hall–Kier alpha value is -2.24. The van der Waals surface area contributed by atoms with Crippen LogP contribution < -0.4 is 15.0 Å². The maximum absolute atomic E-state index is 5.36. The first-order valence-corrected chi connectivity index (χ1v) is 7.10. The molecule has 2 heterocycles. The van der Waals surface area contributed by atoms with E-state index in [1.165, 1.54) is 0 Å². The van der Waals surface area contributed by atoms with Gasteiger partial charge in [-0.1, -0.05) is 6.92 Å². The number of hydrogen-bond donors (Lipinski definition) is 1. The van der Waals surface area contributed by atoms with Crippen molar-refractivity contribution in [3.05, 3.63) is 30.5 Å². The maximum atomic E-state index is 5.36. The molecule has 2 rings (SSSR count). The van der Waals surface area contributed by atoms with Crippen LogP contribution >= 0.6 is 0 Å². The molecule has 0 aliphatic heterocycles. The van der Waals surface area contributed by atoms with E-state index in [9.17, 15) is 0 Å². The van der Waals surface area contributed by atoms with Crippen molar-refractivity contribution in [1.29, 1.82) is 0 Å². The first-order valence-electron chi connectivity index (χ1n) is 7.10. The van der Waals surface area contributed by atoms with Crippen LogP contribution in [0.4, 0.5) is 11.4 Å². The highest BCUT2D eigenvalue weighted by molar-refractivity contribution is 5.74. The van der Waals surface area contributed by atoms with Crippen molar-refractivity contribution in [3.8, 4) is 5.88 Å². The fourth-order valence-corrected chi connectivity index (χ4v) is 2.24. The van der Waals surface area contributed by atoms with Gasteiger partial charge < -0.3 is 19.5 Å². The monoisotopic (exact) mass is 289 g/mol. The van der Waals surface area contributed by atoms with Crippen molar-refractivity contribution in [1.82, 2.24) is 14.5 Å². The Morgan fingerprint density at radius 3 is 2.86 bits per heavy atom. The summed E-state index contributed by atoms with van der Waals surface area (Å²) in [5, 5.41) is 3.43. The van der Waals surface area contributed by atoms with E-state index in [1.807, 2.05) is 37.6 Å². The van der Waals surface area contributed by atoms with E-state index in [-0.39, 0.29) is 0 Å². The summed E-state index contributed by atoms with van der Waals surface area (Å²) < 4.78 is 7.52. The highest BCUT2D eigenvalue weighted by Gasteiger charge is 2.12. The summed E-state index contributed by atoms with van der Waals surface area (Å²) in [4.78, 5) is 10.5. The predicted molar refractivity (Wildman–Crippen MR) is 85.0 cm³/mol. The molecule has 0 aliphatic rings. The van der Waals surface area contributed by atoms with Gasteiger partial charge in [0.15, 0.2) is 0 Å². The summed E-state index contributed by atoms with van der Waals surface area (Å²) in [5.41, 5.74) is 3.09. The van der Waals surface area contributed by atoms with Gasteiger partial charge in [0.05, 0.1) is 31.4 Å². The van der Waals surface area contributed by atoms with Crippen molar-refractivity contribution in [2.45, 2.75) is 26.4 Å². The van der Waals surface area contributed by atoms with Gasteiger partial charge in [0.2, 0.25) is 5.88 Å². The summed E-state index contributed by atoms with van der Waals surface area (Å²) in [6.45, 7) is 3.82. The highest BCUT2D eigenvalue weighted by Crippen LogP contribution is 2.32. The zero-order chi connectivity index (χ0) is 15.2. The summed E-state index contributed by atoms with van der Waals surface area (Å²) >= 11 is 0. The Kier molecular flexibility index (Phi) is 5.03. The van der Waals surface area contributed by atoms with Crippen LogP contribution in [0.25, 0.3) is 0 Å². The molecule has 6 nitrogen and oxygen atoms in total. The molecule has 0 amide bonds. The number of ether oxygens (including phenoxy) is 1. The Morgan fingerprint density at radius 1 is 1.38 bits per heavy atom. The molecule has 2 aromatic heterocycles. The van der Waals surface area contributed by atoms with Gasteiger partial charge in [-0.05, 0) is 12.5 Å². The van der Waals surface area contributed by atoms with Gasteiger partial charge in [0, 0.05) is 33.0 Å². The minimum absolute atomic E-state index is 0.600. The maximum Gasteiger partial charge on any atom is 0.239 e. The Bertz CT molecular complexity index is 579. The van der Waals surface area contributed by atoms with Crippen molar-refractivity contribution in [2.24, 2.45) is 0 Å². The van der Waals surface area contributed by atoms with Gasteiger partial charge in [0.1, 0.15) is 5.69 Å². The van der Waals surface area contributed by atoms with E-state index in [2.05, 4.69) is 26.8 Å². The van der Waals surface area contributed by atoms with Gasteiger partial charge in [0.25, 0.3) is 0 Å². The molecule has 0 bridgehead atoms. The molecule has 0 unspecified atom stereocenters. The molecule has 0 aromatic carbocycles. The lowest BCUT2D eigenvalue weighted by Crippen LogP contribution is -2.14. The lowest BCUT2D eigenvalue weighted by molar-refractivity contribution is 0.399. The molecule has 0 saturated heterocycles. The number of aryl methyl sites for hydroxylation is 1. The lowest BCUT2D eigenvalue weighted by Gasteiger charge is -2.20. The van der Waals surface area contributed by atoms with Crippen LogP contribution in [0.1, 0.15) is 19.0 Å². The van der Waals surface area contributed by atoms with E-state index in [0.29, 0.717) is 12.4 Å². The molecule has 114 valence electrons. The third-order valence-electron chi connectivity index (χ3n) is 3.28. The molecule has 0 aliphatic carbocycles. The van der Waals surface area contributed by atoms with Crippen molar-refractivity contribution in [2.75, 3.05) is 31.4 Å². The van der Waals surface area contributed by atoms with Crippen LogP contribution in [0.3, 0.4) is 0 Å². The van der Waals surface area contributed by atoms with Crippen LogP contribution in [0.15, 0.2) is 24.8 Å². The third kappa shape index (κ3) is 3.45. The number of anilines is 2. The average molecular weight is 289 g/mol. The minimum Gasteiger partial charge on any atom is -0.479 e. The second-order valence-corrected chi connectivity index (χ2v) is 5.04. The van der Waals surface area contributed by atoms with Crippen LogP contribution in [-0.4, -0.2) is 35.7 Å². The number of hydrogen-bond acceptors (Lipinski definition) is 5. The van der Waals surface area contributed by atoms with Gasteiger partial charge in [-0.3, -0.25) is 0 Å². The molecule has 0 saturated carbocycles. The Balaban J connectivity index is 2.20. The Labute approximate surface area is 125 Å². The van der Waals surface area contributed by atoms with E-state index in [0.717, 1.165) is 30.0 Å². The summed E-state index contributed by atoms with van der Waals surface area (Å²) in [6, 6.07) is 1.97. The Morgan fingerprint density at radius 2 is 2.19 bits per heavy atom. The molecule has 21 heavy (non-hydrogen) atoms. The fourth-order valence-electron chi connectivity index (χ4n) is 2.24. The zero-order valence-corrected chi connectivity index (χ0v) is 13.1. The zero-order valence-electron chi connectivity index (χ0n) is 13.1. The first kappa shape index (κ1) is 15.2. The average Bonchev–Trinajstić information content (AvgIpc) is 2.92. The van der Waals surface area contributed by atoms with E-state index >= 15 is 0 Å². The van der Waals surface area contributed by atoms with E-state index in [1.54, 1.807) is 13.3 Å². The molecule has 0 spiro atoms. The smallest absolute Gasteiger partial charge is 0.239 e. The second-order valence-electron chi connectivity index (χ2n) is 5.04. The molecule has 6 heteroatoms. The van der Waals surface area contributed by atoms with Crippen LogP contribution in [-0.2, 0) is 13.1 Å². The summed E-state index contributed by atoms with van der Waals surface area (Å²) in [5.74, 6) is 0.600. The normalized spacial score (nSPS) is 10.5. The quantitative estimate of drug-likeness (QED) is 0.848. The number of rotatable bonds is 7. The van der Waals surface area contributed by atoms with Crippen molar-refractivity contribution < 1.29 is 4.74 Å². The van der Waals surface area contributed by atoms with E-state index in [4.69, 9.17) is 4.74 Å². The molecule has 2 aromatic rings. The number of imidazole rings is 1. The molecular formula is C15H23N5O. The second kappa shape index (κ2) is 6.97. The van der Waals surface area contributed by atoms with Crippen molar-refractivity contribution >= 4 is 11.4 Å². The van der Waals surface area contributed by atoms with E-state index < -0.39 is 0 Å². The molecule has 0 atom stereocenters. The number of aromatic nitrogens is 3. The standard InChI is InChI=1S/C15H23N5O/c1-5-8-20-11-16-9-12(20)10-18-14-13(19(2)3)6-7-17-15(14)21-4/h6-7,9,11,18H,5,8,10H2,1-4H3. The lowest BCUT2D eigenvalue weighted by atomic mass is 10.3. The highest BCUT2D eigenvalue weighted by atomic mass is 16.5. The molecule has 1 N–H and O–H groups in total. The van der Waals surface area contributed by atoms with Crippen LogP contribution in [0.5, 0.6) is 5.88 Å². The van der Waals surface area contributed by atoms with Gasteiger partial charge in [-0.15, -0.1) is 0 Å². The van der Waals surface area contributed by atoms with Crippen LogP contribution in [0.2, 0.25) is 0 Å². The van der Waals surface area contributed by atoms with Gasteiger partial charge >= 0.3 is 0 Å². The summed E-state index contributed by atoms with van der Waals surface area (Å²) in [7, 11) is 5.64. The number of methoxy groups -OCH3 is 1. The SMILES string of the molecule is CCCn1cncc1CNc1c(N(C)C)ccnc1OC. The number of pyridine rings is 1. The topological polar surface area (TPSA) is 55.2 Å². The van der Waals surface area contributed by atoms with Gasteiger partial charge in [-0.25, -0.2) is 9.97 Å². The minimum atomic E-state index is 0.600. The first-order chi connectivity index (χ1) is 10.2. The molecule has 0 radical (unpaired) electrons. The number of nitrogens with zero attached hydrogens (tertiary/aromatic N) is 4. The fraction of sp³-hybridized carbons (Fsp3) is 0.467. The summed E-state index contributed by atoms with van der Waals surface area (Å²) in [6.07, 6.45) is 6.60. The number of nitrogens with one attached hydrogen (secondary N) is 1. The predicted octanol–water partition coefficient (Wildman–Crippen LogP) is 2.37. The largest absolute Gasteiger partial charge is 0.479 e. The molecular weight excluding hydrogens is 266 g/mol. The van der Waals surface area contributed by atoms with Crippen LogP contribution in [0, 0.1) is 0 Å².